The Hall–Kier alpha value is -1.53. The number of nitrogens with zero attached hydrogens (tertiary/aromatic N) is 3. The Labute approximate surface area is 107 Å². The van der Waals surface area contributed by atoms with E-state index in [1.807, 2.05) is 24.1 Å². The van der Waals surface area contributed by atoms with Crippen molar-refractivity contribution in [1.29, 1.82) is 0 Å². The number of nitrogen functional groups attached to an aromatic ring is 1. The number of likely N-dealkylation sites (N-methyl/N-ethyl adjacent to an activating group) is 1. The Kier molecular flexibility index (Phi) is 3.88. The van der Waals surface area contributed by atoms with E-state index < -0.39 is 0 Å². The highest BCUT2D eigenvalue weighted by atomic mass is 16.3. The first-order valence-corrected chi connectivity index (χ1v) is 6.21. The molecule has 0 bridgehead atoms. The van der Waals surface area contributed by atoms with Gasteiger partial charge in [-0.25, -0.2) is 4.98 Å². The number of aliphatic hydroxyl groups excluding tert-OH is 1. The van der Waals surface area contributed by atoms with Gasteiger partial charge in [-0.15, -0.1) is 0 Å². The van der Waals surface area contributed by atoms with E-state index in [0.29, 0.717) is 18.1 Å². The second kappa shape index (κ2) is 5.41. The molecule has 2 heterocycles. The third-order valence-corrected chi connectivity index (χ3v) is 3.24. The van der Waals surface area contributed by atoms with Crippen LogP contribution in [0, 0.1) is 0 Å². The van der Waals surface area contributed by atoms with E-state index in [1.165, 1.54) is 0 Å². The number of anilines is 3. The maximum Gasteiger partial charge on any atom is 0.154 e. The van der Waals surface area contributed by atoms with Gasteiger partial charge in [0.05, 0.1) is 12.3 Å². The number of pyridine rings is 1. The summed E-state index contributed by atoms with van der Waals surface area (Å²) in [5.74, 6) is 1.61. The van der Waals surface area contributed by atoms with Gasteiger partial charge in [0, 0.05) is 32.7 Å². The molecule has 1 fully saturated rings. The lowest BCUT2D eigenvalue weighted by atomic mass is 10.3. The van der Waals surface area contributed by atoms with E-state index in [0.717, 1.165) is 25.3 Å². The molecule has 1 aliphatic heterocycles. The summed E-state index contributed by atoms with van der Waals surface area (Å²) in [6.45, 7) is 2.36. The Morgan fingerprint density at radius 2 is 2.33 bits per heavy atom. The summed E-state index contributed by atoms with van der Waals surface area (Å²) in [6, 6.07) is 4.00. The zero-order valence-electron chi connectivity index (χ0n) is 10.7. The van der Waals surface area contributed by atoms with Crippen molar-refractivity contribution in [3.63, 3.8) is 0 Å². The van der Waals surface area contributed by atoms with Crippen molar-refractivity contribution in [3.8, 4) is 0 Å². The van der Waals surface area contributed by atoms with Crippen LogP contribution in [0.5, 0.6) is 0 Å². The first-order chi connectivity index (χ1) is 8.61. The molecular weight excluding hydrogens is 230 g/mol. The molecule has 0 aliphatic carbocycles. The number of rotatable bonds is 4. The highest BCUT2D eigenvalue weighted by Crippen LogP contribution is 2.25. The zero-order valence-corrected chi connectivity index (χ0v) is 10.7. The largest absolute Gasteiger partial charge is 0.396 e. The summed E-state index contributed by atoms with van der Waals surface area (Å²) < 4.78 is 0. The standard InChI is InChI=1S/C12H21N5O/c1-16(6-7-18)12-10(14)2-3-11(15-12)17-5-4-9(13)8-17/h2-3,9,18H,4-8,13-14H2,1H3. The fraction of sp³-hybridized carbons (Fsp3) is 0.583. The predicted octanol–water partition coefficient (Wildman–Crippen LogP) is -0.370. The van der Waals surface area contributed by atoms with Crippen molar-refractivity contribution >= 4 is 17.3 Å². The summed E-state index contributed by atoms with van der Waals surface area (Å²) in [5.41, 5.74) is 12.4. The Morgan fingerprint density at radius 3 is 2.94 bits per heavy atom. The number of aliphatic hydroxyl groups is 1. The van der Waals surface area contributed by atoms with Crippen LogP contribution in [0.25, 0.3) is 0 Å². The maximum atomic E-state index is 8.97. The van der Waals surface area contributed by atoms with Crippen molar-refractivity contribution in [2.75, 3.05) is 48.8 Å². The SMILES string of the molecule is CN(CCO)c1nc(N2CCC(N)C2)ccc1N. The van der Waals surface area contributed by atoms with Crippen LogP contribution in [0.15, 0.2) is 12.1 Å². The molecule has 0 spiro atoms. The Bertz CT molecular complexity index is 411. The van der Waals surface area contributed by atoms with E-state index in [4.69, 9.17) is 16.6 Å². The van der Waals surface area contributed by atoms with E-state index in [2.05, 4.69) is 9.88 Å². The smallest absolute Gasteiger partial charge is 0.154 e. The molecule has 6 nitrogen and oxygen atoms in total. The molecule has 1 aliphatic rings. The third-order valence-electron chi connectivity index (χ3n) is 3.24. The van der Waals surface area contributed by atoms with Crippen LogP contribution >= 0.6 is 0 Å². The van der Waals surface area contributed by atoms with Crippen molar-refractivity contribution in [2.45, 2.75) is 12.5 Å². The first kappa shape index (κ1) is 12.9. The van der Waals surface area contributed by atoms with Gasteiger partial charge in [0.1, 0.15) is 5.82 Å². The topological polar surface area (TPSA) is 91.6 Å². The monoisotopic (exact) mass is 251 g/mol. The highest BCUT2D eigenvalue weighted by Gasteiger charge is 2.21. The quantitative estimate of drug-likeness (QED) is 0.676. The van der Waals surface area contributed by atoms with Gasteiger partial charge in [-0.2, -0.15) is 0 Å². The first-order valence-electron chi connectivity index (χ1n) is 6.21. The molecule has 100 valence electrons. The molecule has 6 heteroatoms. The van der Waals surface area contributed by atoms with Gasteiger partial charge in [0.2, 0.25) is 0 Å². The fourth-order valence-electron chi connectivity index (χ4n) is 2.18. The maximum absolute atomic E-state index is 8.97. The van der Waals surface area contributed by atoms with Crippen LogP contribution in [-0.2, 0) is 0 Å². The second-order valence-electron chi connectivity index (χ2n) is 4.72. The molecule has 5 N–H and O–H groups in total. The average Bonchev–Trinajstić information content (AvgIpc) is 2.77. The van der Waals surface area contributed by atoms with E-state index in [9.17, 15) is 0 Å². The van der Waals surface area contributed by atoms with Crippen LogP contribution in [-0.4, -0.2) is 49.4 Å². The normalized spacial score (nSPS) is 19.3. The predicted molar refractivity (Wildman–Crippen MR) is 73.8 cm³/mol. The van der Waals surface area contributed by atoms with Crippen molar-refractivity contribution in [2.24, 2.45) is 5.73 Å². The van der Waals surface area contributed by atoms with Gasteiger partial charge in [0.15, 0.2) is 5.82 Å². The third kappa shape index (κ3) is 2.65. The van der Waals surface area contributed by atoms with Gasteiger partial charge < -0.3 is 26.4 Å². The van der Waals surface area contributed by atoms with E-state index >= 15 is 0 Å². The lowest BCUT2D eigenvalue weighted by Crippen LogP contribution is -2.28. The Balaban J connectivity index is 2.20. The summed E-state index contributed by atoms with van der Waals surface area (Å²) >= 11 is 0. The molecule has 2 rings (SSSR count). The minimum absolute atomic E-state index is 0.0798. The van der Waals surface area contributed by atoms with Crippen molar-refractivity contribution in [1.82, 2.24) is 4.98 Å². The Morgan fingerprint density at radius 1 is 1.56 bits per heavy atom. The van der Waals surface area contributed by atoms with Gasteiger partial charge in [-0.05, 0) is 18.6 Å². The zero-order chi connectivity index (χ0) is 13.1. The van der Waals surface area contributed by atoms with Crippen molar-refractivity contribution < 1.29 is 5.11 Å². The van der Waals surface area contributed by atoms with E-state index in [-0.39, 0.29) is 12.6 Å². The number of hydrogen-bond donors (Lipinski definition) is 3. The van der Waals surface area contributed by atoms with Gasteiger partial charge in [-0.3, -0.25) is 0 Å². The van der Waals surface area contributed by atoms with Gasteiger partial charge >= 0.3 is 0 Å². The highest BCUT2D eigenvalue weighted by molar-refractivity contribution is 5.66. The van der Waals surface area contributed by atoms with Gasteiger partial charge in [0.25, 0.3) is 0 Å². The molecule has 0 saturated carbocycles. The molecule has 1 unspecified atom stereocenters. The molecule has 1 saturated heterocycles. The average molecular weight is 251 g/mol. The molecule has 0 radical (unpaired) electrons. The van der Waals surface area contributed by atoms with E-state index in [1.54, 1.807) is 0 Å². The molecular formula is C12H21N5O. The van der Waals surface area contributed by atoms with Crippen LogP contribution in [0.2, 0.25) is 0 Å². The lowest BCUT2D eigenvalue weighted by molar-refractivity contribution is 0.304. The molecule has 0 amide bonds. The summed E-state index contributed by atoms with van der Waals surface area (Å²) in [7, 11) is 1.87. The molecule has 0 aromatic carbocycles. The molecule has 1 aromatic rings. The van der Waals surface area contributed by atoms with Crippen LogP contribution < -0.4 is 21.3 Å². The fourth-order valence-corrected chi connectivity index (χ4v) is 2.18. The summed E-state index contributed by atoms with van der Waals surface area (Å²) in [4.78, 5) is 8.59. The second-order valence-corrected chi connectivity index (χ2v) is 4.72. The summed E-state index contributed by atoms with van der Waals surface area (Å²) in [6.07, 6.45) is 0.994. The lowest BCUT2D eigenvalue weighted by Gasteiger charge is -2.22. The number of aromatic nitrogens is 1. The number of nitrogens with two attached hydrogens (primary N) is 2. The minimum Gasteiger partial charge on any atom is -0.396 e. The van der Waals surface area contributed by atoms with Gasteiger partial charge in [-0.1, -0.05) is 0 Å². The van der Waals surface area contributed by atoms with Crippen LogP contribution in [0.4, 0.5) is 17.3 Å². The van der Waals surface area contributed by atoms with Crippen LogP contribution in [0.1, 0.15) is 6.42 Å². The molecule has 1 aromatic heterocycles. The van der Waals surface area contributed by atoms with Crippen molar-refractivity contribution in [3.05, 3.63) is 12.1 Å². The van der Waals surface area contributed by atoms with Crippen LogP contribution in [0.3, 0.4) is 0 Å². The minimum atomic E-state index is 0.0798. The molecule has 18 heavy (non-hydrogen) atoms. The molecule has 1 atom stereocenters. The summed E-state index contributed by atoms with van der Waals surface area (Å²) in [5, 5.41) is 8.97. The number of hydrogen-bond acceptors (Lipinski definition) is 6.